The quantitative estimate of drug-likeness (QED) is 0.871. The normalized spacial score (nSPS) is 16.8. The van der Waals surface area contributed by atoms with Gasteiger partial charge in [-0.05, 0) is 31.2 Å². The summed E-state index contributed by atoms with van der Waals surface area (Å²) in [6, 6.07) is 8.76. The van der Waals surface area contributed by atoms with Crippen LogP contribution in [0.3, 0.4) is 0 Å². The number of anilines is 3. The Hall–Kier alpha value is -3.10. The highest BCUT2D eigenvalue weighted by atomic mass is 19.4. The van der Waals surface area contributed by atoms with Gasteiger partial charge in [0.15, 0.2) is 0 Å². The Morgan fingerprint density at radius 3 is 2.64 bits per heavy atom. The number of fused-ring (bicyclic) bond motifs is 1. The van der Waals surface area contributed by atoms with E-state index in [1.54, 1.807) is 38.2 Å². The van der Waals surface area contributed by atoms with Gasteiger partial charge in [-0.1, -0.05) is 12.1 Å². The number of alkyl halides is 3. The van der Waals surface area contributed by atoms with Crippen LogP contribution in [0.15, 0.2) is 42.6 Å². The average Bonchev–Trinajstić information content (AvgIpc) is 2.75. The van der Waals surface area contributed by atoms with Crippen LogP contribution in [0, 0.1) is 0 Å². The number of halogens is 3. The molecule has 1 aromatic carbocycles. The number of para-hydroxylation sites is 2. The first kappa shape index (κ1) is 19.7. The first-order chi connectivity index (χ1) is 13.2. The van der Waals surface area contributed by atoms with Crippen molar-refractivity contribution in [2.45, 2.75) is 25.6 Å². The van der Waals surface area contributed by atoms with Gasteiger partial charge in [-0.3, -0.25) is 9.59 Å². The third-order valence-electron chi connectivity index (χ3n) is 4.47. The molecule has 148 valence electrons. The number of likely N-dealkylation sites (N-methyl/N-ethyl adjacent to an activating group) is 1. The molecule has 3 rings (SSSR count). The van der Waals surface area contributed by atoms with Crippen molar-refractivity contribution in [3.63, 3.8) is 0 Å². The Morgan fingerprint density at radius 1 is 1.29 bits per heavy atom. The smallest absolute Gasteiger partial charge is 0.350 e. The zero-order chi connectivity index (χ0) is 20.5. The predicted octanol–water partition coefficient (Wildman–Crippen LogP) is 3.30. The van der Waals surface area contributed by atoms with Gasteiger partial charge in [0.2, 0.25) is 11.8 Å². The summed E-state index contributed by atoms with van der Waals surface area (Å²) in [7, 11) is 1.57. The number of aromatic nitrogens is 1. The Bertz CT molecular complexity index is 883. The second-order valence-electron chi connectivity index (χ2n) is 6.64. The Balaban J connectivity index is 1.81. The van der Waals surface area contributed by atoms with Gasteiger partial charge >= 0.3 is 6.18 Å². The Kier molecular flexibility index (Phi) is 5.26. The molecule has 1 N–H and O–H groups in total. The van der Waals surface area contributed by atoms with E-state index in [4.69, 9.17) is 0 Å². The molecule has 0 spiro atoms. The number of pyridine rings is 1. The molecule has 2 aromatic rings. The van der Waals surface area contributed by atoms with Crippen molar-refractivity contribution in [2.75, 3.05) is 28.7 Å². The lowest BCUT2D eigenvalue weighted by Crippen LogP contribution is -2.44. The summed E-state index contributed by atoms with van der Waals surface area (Å²) >= 11 is 0. The van der Waals surface area contributed by atoms with Crippen LogP contribution in [-0.4, -0.2) is 36.4 Å². The largest absolute Gasteiger partial charge is 0.417 e. The molecule has 0 bridgehead atoms. The summed E-state index contributed by atoms with van der Waals surface area (Å²) in [5.41, 5.74) is 0.274. The fourth-order valence-electron chi connectivity index (χ4n) is 3.11. The Labute approximate surface area is 160 Å². The van der Waals surface area contributed by atoms with E-state index in [-0.39, 0.29) is 36.6 Å². The molecule has 0 radical (unpaired) electrons. The molecule has 2 heterocycles. The highest BCUT2D eigenvalue weighted by molar-refractivity contribution is 6.05. The van der Waals surface area contributed by atoms with E-state index in [1.165, 1.54) is 15.9 Å². The number of hydrogen-bond acceptors (Lipinski definition) is 4. The van der Waals surface area contributed by atoms with Crippen LogP contribution in [0.1, 0.15) is 18.9 Å². The highest BCUT2D eigenvalue weighted by Gasteiger charge is 2.32. The molecule has 0 fully saturated rings. The van der Waals surface area contributed by atoms with Crippen LogP contribution in [0.25, 0.3) is 0 Å². The molecule has 2 amide bonds. The first-order valence-electron chi connectivity index (χ1n) is 8.62. The molecule has 0 saturated heterocycles. The van der Waals surface area contributed by atoms with Gasteiger partial charge in [0.05, 0.1) is 23.5 Å². The molecule has 28 heavy (non-hydrogen) atoms. The van der Waals surface area contributed by atoms with Crippen molar-refractivity contribution < 1.29 is 22.8 Å². The van der Waals surface area contributed by atoms with Crippen LogP contribution in [0.4, 0.5) is 30.4 Å². The number of nitrogens with zero attached hydrogens (tertiary/aromatic N) is 3. The summed E-state index contributed by atoms with van der Waals surface area (Å²) < 4.78 is 38.0. The van der Waals surface area contributed by atoms with Crippen LogP contribution >= 0.6 is 0 Å². The molecule has 0 aliphatic carbocycles. The van der Waals surface area contributed by atoms with Crippen molar-refractivity contribution in [3.8, 4) is 0 Å². The van der Waals surface area contributed by atoms with Crippen LogP contribution < -0.4 is 15.1 Å². The minimum absolute atomic E-state index is 0.106. The average molecular weight is 392 g/mol. The van der Waals surface area contributed by atoms with E-state index in [2.05, 4.69) is 10.3 Å². The molecule has 1 aromatic heterocycles. The third kappa shape index (κ3) is 4.08. The first-order valence-corrected chi connectivity index (χ1v) is 8.62. The van der Waals surface area contributed by atoms with E-state index in [0.717, 1.165) is 12.3 Å². The number of rotatable bonds is 3. The zero-order valence-corrected chi connectivity index (χ0v) is 15.3. The number of carbonyl (C=O) groups is 2. The number of carbonyl (C=O) groups excluding carboxylic acids is 2. The third-order valence-corrected chi connectivity index (χ3v) is 4.47. The van der Waals surface area contributed by atoms with Gasteiger partial charge in [-0.25, -0.2) is 4.98 Å². The van der Waals surface area contributed by atoms with Crippen molar-refractivity contribution in [3.05, 3.63) is 48.2 Å². The Morgan fingerprint density at radius 2 is 2.00 bits per heavy atom. The van der Waals surface area contributed by atoms with Gasteiger partial charge in [-0.15, -0.1) is 0 Å². The number of benzene rings is 1. The van der Waals surface area contributed by atoms with E-state index in [9.17, 15) is 22.8 Å². The second-order valence-corrected chi connectivity index (χ2v) is 6.64. The summed E-state index contributed by atoms with van der Waals surface area (Å²) in [5.74, 6) is -0.236. The zero-order valence-electron chi connectivity index (χ0n) is 15.3. The molecule has 1 aliphatic heterocycles. The number of hydrogen-bond donors (Lipinski definition) is 1. The SMILES string of the molecule is C[C@H]1CC(=O)Nc2ccccc2N1C(=O)CN(C)c1ccc(C(F)(F)F)cn1. The molecule has 9 heteroatoms. The van der Waals surface area contributed by atoms with Gasteiger partial charge in [0.1, 0.15) is 5.82 Å². The lowest BCUT2D eigenvalue weighted by atomic mass is 10.1. The van der Waals surface area contributed by atoms with Gasteiger partial charge in [0, 0.05) is 25.7 Å². The van der Waals surface area contributed by atoms with Crippen molar-refractivity contribution >= 4 is 29.0 Å². The maximum absolute atomic E-state index is 13.0. The minimum atomic E-state index is -4.47. The van der Waals surface area contributed by atoms with E-state index >= 15 is 0 Å². The molecule has 1 aliphatic rings. The summed E-state index contributed by atoms with van der Waals surface area (Å²) in [5, 5.41) is 2.78. The number of nitrogens with one attached hydrogen (secondary N) is 1. The standard InChI is InChI=1S/C19H19F3N4O2/c1-12-9-17(27)24-14-5-3-4-6-15(14)26(12)18(28)11-25(2)16-8-7-13(10-23-16)19(20,21)22/h3-8,10,12H,9,11H2,1-2H3,(H,24,27)/t12-/m0/s1. The second kappa shape index (κ2) is 7.49. The van der Waals surface area contributed by atoms with Crippen LogP contribution in [0.5, 0.6) is 0 Å². The monoisotopic (exact) mass is 392 g/mol. The van der Waals surface area contributed by atoms with Gasteiger partial charge < -0.3 is 15.1 Å². The summed E-state index contributed by atoms with van der Waals surface area (Å²) in [6.45, 7) is 1.67. The van der Waals surface area contributed by atoms with Crippen molar-refractivity contribution in [2.24, 2.45) is 0 Å². The summed E-state index contributed by atoms with van der Waals surface area (Å²) in [6.07, 6.45) is -3.59. The number of amides is 2. The van der Waals surface area contributed by atoms with Crippen LogP contribution in [-0.2, 0) is 15.8 Å². The summed E-state index contributed by atoms with van der Waals surface area (Å²) in [4.78, 5) is 31.8. The van der Waals surface area contributed by atoms with Crippen molar-refractivity contribution in [1.82, 2.24) is 4.98 Å². The van der Waals surface area contributed by atoms with E-state index in [0.29, 0.717) is 11.4 Å². The minimum Gasteiger partial charge on any atom is -0.350 e. The van der Waals surface area contributed by atoms with E-state index in [1.807, 2.05) is 0 Å². The molecular weight excluding hydrogens is 373 g/mol. The molecular formula is C19H19F3N4O2. The fraction of sp³-hybridized carbons (Fsp3) is 0.316. The molecule has 6 nitrogen and oxygen atoms in total. The predicted molar refractivity (Wildman–Crippen MR) is 99.1 cm³/mol. The van der Waals surface area contributed by atoms with Gasteiger partial charge in [-0.2, -0.15) is 13.2 Å². The molecule has 0 unspecified atom stereocenters. The topological polar surface area (TPSA) is 65.5 Å². The lowest BCUT2D eigenvalue weighted by Gasteiger charge is -2.30. The fourth-order valence-corrected chi connectivity index (χ4v) is 3.11. The molecule has 1 atom stereocenters. The van der Waals surface area contributed by atoms with Crippen LogP contribution in [0.2, 0.25) is 0 Å². The maximum Gasteiger partial charge on any atom is 0.417 e. The molecule has 0 saturated carbocycles. The highest BCUT2D eigenvalue weighted by Crippen LogP contribution is 2.32. The maximum atomic E-state index is 13.0. The lowest BCUT2D eigenvalue weighted by molar-refractivity contribution is -0.137. The van der Waals surface area contributed by atoms with Crippen molar-refractivity contribution in [1.29, 1.82) is 0 Å². The van der Waals surface area contributed by atoms with E-state index < -0.39 is 11.7 Å². The van der Waals surface area contributed by atoms with Gasteiger partial charge in [0.25, 0.3) is 0 Å².